The molecule has 3 rings (SSSR count). The van der Waals surface area contributed by atoms with E-state index in [-0.39, 0.29) is 11.3 Å². The zero-order chi connectivity index (χ0) is 20.8. The number of carbonyl (C=O) groups is 2. The minimum absolute atomic E-state index is 0.120. The Bertz CT molecular complexity index is 1100. The number of benzene rings is 3. The van der Waals surface area contributed by atoms with E-state index in [9.17, 15) is 14.0 Å². The quantitative estimate of drug-likeness (QED) is 0.258. The van der Waals surface area contributed by atoms with E-state index >= 15 is 0 Å². The van der Waals surface area contributed by atoms with Crippen LogP contribution >= 0.6 is 15.9 Å². The van der Waals surface area contributed by atoms with Crippen LogP contribution in [0.1, 0.15) is 31.8 Å². The largest absolute Gasteiger partial charge is 0.422 e. The fourth-order valence-electron chi connectivity index (χ4n) is 2.54. The van der Waals surface area contributed by atoms with Gasteiger partial charge in [-0.3, -0.25) is 4.79 Å². The first-order valence-electron chi connectivity index (χ1n) is 8.61. The van der Waals surface area contributed by atoms with Crippen LogP contribution in [0.5, 0.6) is 5.75 Å². The van der Waals surface area contributed by atoms with E-state index < -0.39 is 17.7 Å². The maximum Gasteiger partial charge on any atom is 0.343 e. The number of nitrogens with zero attached hydrogens (tertiary/aromatic N) is 1. The molecular weight excluding hydrogens is 439 g/mol. The summed E-state index contributed by atoms with van der Waals surface area (Å²) in [4.78, 5) is 24.5. The Balaban J connectivity index is 1.77. The summed E-state index contributed by atoms with van der Waals surface area (Å²) in [6, 6.07) is 17.7. The highest BCUT2D eigenvalue weighted by molar-refractivity contribution is 9.10. The first kappa shape index (κ1) is 20.4. The summed E-state index contributed by atoms with van der Waals surface area (Å²) >= 11 is 3.35. The molecule has 5 nitrogen and oxygen atoms in total. The van der Waals surface area contributed by atoms with Crippen molar-refractivity contribution in [1.29, 1.82) is 0 Å². The standard InChI is InChI=1S/C22H16BrFN2O3/c1-14-6-2-3-7-17(14)22(28)29-20-11-10-16(23)12-15(20)13-25-26-21(27)18-8-4-5-9-19(18)24/h2-13H,1H3,(H,26,27). The van der Waals surface area contributed by atoms with E-state index in [4.69, 9.17) is 4.74 Å². The maximum atomic E-state index is 13.7. The Labute approximate surface area is 175 Å². The number of rotatable bonds is 5. The van der Waals surface area contributed by atoms with Gasteiger partial charge < -0.3 is 4.74 Å². The van der Waals surface area contributed by atoms with Crippen molar-refractivity contribution >= 4 is 34.0 Å². The lowest BCUT2D eigenvalue weighted by Crippen LogP contribution is -2.19. The topological polar surface area (TPSA) is 67.8 Å². The van der Waals surface area contributed by atoms with E-state index in [0.717, 1.165) is 10.0 Å². The second-order valence-electron chi connectivity index (χ2n) is 6.07. The van der Waals surface area contributed by atoms with E-state index in [1.165, 1.54) is 24.4 Å². The van der Waals surface area contributed by atoms with Crippen LogP contribution in [0, 0.1) is 12.7 Å². The van der Waals surface area contributed by atoms with Gasteiger partial charge in [0.2, 0.25) is 0 Å². The molecule has 146 valence electrons. The van der Waals surface area contributed by atoms with Crippen molar-refractivity contribution in [2.75, 3.05) is 0 Å². The van der Waals surface area contributed by atoms with Crippen LogP contribution < -0.4 is 10.2 Å². The Hall–Kier alpha value is -3.32. The second kappa shape index (κ2) is 9.25. The number of hydrazone groups is 1. The highest BCUT2D eigenvalue weighted by atomic mass is 79.9. The summed E-state index contributed by atoms with van der Waals surface area (Å²) in [5.41, 5.74) is 3.84. The minimum Gasteiger partial charge on any atom is -0.422 e. The van der Waals surface area contributed by atoms with E-state index in [0.29, 0.717) is 11.1 Å². The van der Waals surface area contributed by atoms with Crippen molar-refractivity contribution in [3.05, 3.63) is 99.3 Å². The molecule has 0 aliphatic rings. The lowest BCUT2D eigenvalue weighted by atomic mass is 10.1. The third-order valence-electron chi connectivity index (χ3n) is 4.03. The van der Waals surface area contributed by atoms with Crippen molar-refractivity contribution in [1.82, 2.24) is 5.43 Å². The molecule has 0 bridgehead atoms. The number of nitrogens with one attached hydrogen (secondary N) is 1. The van der Waals surface area contributed by atoms with Gasteiger partial charge in [-0.05, 0) is 48.9 Å². The molecule has 29 heavy (non-hydrogen) atoms. The molecule has 0 saturated carbocycles. The van der Waals surface area contributed by atoms with Gasteiger partial charge >= 0.3 is 5.97 Å². The normalized spacial score (nSPS) is 10.7. The van der Waals surface area contributed by atoms with E-state index in [2.05, 4.69) is 26.5 Å². The molecule has 0 heterocycles. The van der Waals surface area contributed by atoms with Gasteiger partial charge in [0, 0.05) is 10.0 Å². The minimum atomic E-state index is -0.687. The highest BCUT2D eigenvalue weighted by Gasteiger charge is 2.14. The second-order valence-corrected chi connectivity index (χ2v) is 6.98. The lowest BCUT2D eigenvalue weighted by Gasteiger charge is -2.09. The van der Waals surface area contributed by atoms with Crippen LogP contribution in [-0.2, 0) is 0 Å². The van der Waals surface area contributed by atoms with Crippen molar-refractivity contribution in [2.45, 2.75) is 6.92 Å². The molecular formula is C22H16BrFN2O3. The van der Waals surface area contributed by atoms with Gasteiger partial charge in [0.15, 0.2) is 0 Å². The van der Waals surface area contributed by atoms with Crippen LogP contribution in [0.2, 0.25) is 0 Å². The number of carbonyl (C=O) groups excluding carboxylic acids is 2. The molecule has 1 N–H and O–H groups in total. The molecule has 3 aromatic carbocycles. The summed E-state index contributed by atoms with van der Waals surface area (Å²) in [5, 5.41) is 3.86. The third-order valence-corrected chi connectivity index (χ3v) is 4.52. The first-order valence-corrected chi connectivity index (χ1v) is 9.40. The summed E-state index contributed by atoms with van der Waals surface area (Å²) in [5.74, 6) is -1.57. The zero-order valence-corrected chi connectivity index (χ0v) is 16.9. The summed E-state index contributed by atoms with van der Waals surface area (Å²) in [6.07, 6.45) is 1.32. The van der Waals surface area contributed by atoms with Crippen LogP contribution in [0.4, 0.5) is 4.39 Å². The average molecular weight is 455 g/mol. The molecule has 0 aliphatic heterocycles. The molecule has 0 spiro atoms. The van der Waals surface area contributed by atoms with Gasteiger partial charge in [-0.1, -0.05) is 46.3 Å². The molecule has 0 radical (unpaired) electrons. The van der Waals surface area contributed by atoms with Crippen molar-refractivity contribution < 1.29 is 18.7 Å². The molecule has 0 saturated heterocycles. The van der Waals surface area contributed by atoms with E-state index in [1.807, 2.05) is 19.1 Å². The number of halogens is 2. The number of ether oxygens (including phenoxy) is 1. The predicted octanol–water partition coefficient (Wildman–Crippen LogP) is 4.88. The van der Waals surface area contributed by atoms with Crippen molar-refractivity contribution in [2.24, 2.45) is 5.10 Å². The smallest absolute Gasteiger partial charge is 0.343 e. The molecule has 0 fully saturated rings. The number of hydrogen-bond acceptors (Lipinski definition) is 4. The molecule has 0 aromatic heterocycles. The summed E-state index contributed by atoms with van der Waals surface area (Å²) in [6.45, 7) is 1.82. The SMILES string of the molecule is Cc1ccccc1C(=O)Oc1ccc(Br)cc1C=NNC(=O)c1ccccc1F. The fraction of sp³-hybridized carbons (Fsp3) is 0.0455. The summed E-state index contributed by atoms with van der Waals surface area (Å²) in [7, 11) is 0. The maximum absolute atomic E-state index is 13.7. The number of hydrogen-bond donors (Lipinski definition) is 1. The molecule has 1 amide bonds. The van der Waals surface area contributed by atoms with Gasteiger partial charge in [-0.25, -0.2) is 14.6 Å². The van der Waals surface area contributed by atoms with Gasteiger partial charge in [-0.2, -0.15) is 5.10 Å². The van der Waals surface area contributed by atoms with Crippen LogP contribution in [0.25, 0.3) is 0 Å². The zero-order valence-electron chi connectivity index (χ0n) is 15.4. The fourth-order valence-corrected chi connectivity index (χ4v) is 2.91. The molecule has 0 atom stereocenters. The molecule has 3 aromatic rings. The Morgan fingerprint density at radius 2 is 1.72 bits per heavy atom. The number of amides is 1. The van der Waals surface area contributed by atoms with Crippen molar-refractivity contribution in [3.8, 4) is 5.75 Å². The highest BCUT2D eigenvalue weighted by Crippen LogP contribution is 2.23. The Morgan fingerprint density at radius 3 is 2.45 bits per heavy atom. The van der Waals surface area contributed by atoms with Gasteiger partial charge in [0.1, 0.15) is 11.6 Å². The van der Waals surface area contributed by atoms with Gasteiger partial charge in [0.05, 0.1) is 17.3 Å². The van der Waals surface area contributed by atoms with Gasteiger partial charge in [-0.15, -0.1) is 0 Å². The van der Waals surface area contributed by atoms with Crippen LogP contribution in [0.3, 0.4) is 0 Å². The Morgan fingerprint density at radius 1 is 1.03 bits per heavy atom. The monoisotopic (exact) mass is 454 g/mol. The first-order chi connectivity index (χ1) is 14.0. The van der Waals surface area contributed by atoms with Gasteiger partial charge in [0.25, 0.3) is 5.91 Å². The number of aryl methyl sites for hydroxylation is 1. The third kappa shape index (κ3) is 5.14. The van der Waals surface area contributed by atoms with Crippen molar-refractivity contribution in [3.63, 3.8) is 0 Å². The molecule has 7 heteroatoms. The van der Waals surface area contributed by atoms with E-state index in [1.54, 1.807) is 36.4 Å². The molecule has 0 unspecified atom stereocenters. The predicted molar refractivity (Wildman–Crippen MR) is 112 cm³/mol. The Kier molecular flexibility index (Phi) is 6.51. The van der Waals surface area contributed by atoms with Crippen LogP contribution in [-0.4, -0.2) is 18.1 Å². The molecule has 0 aliphatic carbocycles. The summed E-state index contributed by atoms with van der Waals surface area (Å²) < 4.78 is 19.9. The average Bonchev–Trinajstić information content (AvgIpc) is 2.70. The lowest BCUT2D eigenvalue weighted by molar-refractivity contribution is 0.0733. The number of esters is 1. The van der Waals surface area contributed by atoms with Crippen LogP contribution in [0.15, 0.2) is 76.3 Å².